The van der Waals surface area contributed by atoms with Crippen LogP contribution in [-0.2, 0) is 6.42 Å². The second-order valence-electron chi connectivity index (χ2n) is 6.34. The van der Waals surface area contributed by atoms with E-state index in [0.29, 0.717) is 5.92 Å². The summed E-state index contributed by atoms with van der Waals surface area (Å²) in [5, 5.41) is 6.60. The summed E-state index contributed by atoms with van der Waals surface area (Å²) in [7, 11) is 0. The van der Waals surface area contributed by atoms with Crippen LogP contribution in [0.2, 0.25) is 0 Å². The van der Waals surface area contributed by atoms with Crippen LogP contribution in [0, 0.1) is 5.92 Å². The van der Waals surface area contributed by atoms with Crippen LogP contribution in [0.25, 0.3) is 5.57 Å². The highest BCUT2D eigenvalue weighted by Crippen LogP contribution is 2.22. The number of allylic oxidation sites excluding steroid dienone is 3. The molecule has 1 aromatic carbocycles. The van der Waals surface area contributed by atoms with Crippen LogP contribution in [0.15, 0.2) is 67.2 Å². The van der Waals surface area contributed by atoms with Crippen molar-refractivity contribution >= 4 is 5.57 Å². The van der Waals surface area contributed by atoms with Gasteiger partial charge in [-0.2, -0.15) is 0 Å². The Bertz CT molecular complexity index is 637. The SMILES string of the molecule is C=C(/C=C(\C)c1cccc(CCC)c1)NC(=C)[C@@H]1CNC(=C)C1. The summed E-state index contributed by atoms with van der Waals surface area (Å²) < 4.78 is 0. The molecular formula is C21H28N2. The van der Waals surface area contributed by atoms with Crippen molar-refractivity contribution < 1.29 is 0 Å². The third kappa shape index (κ3) is 4.88. The molecule has 23 heavy (non-hydrogen) atoms. The Morgan fingerprint density at radius 1 is 1.39 bits per heavy atom. The fourth-order valence-electron chi connectivity index (χ4n) is 2.91. The first-order chi connectivity index (χ1) is 11.0. The number of hydrogen-bond donors (Lipinski definition) is 2. The molecule has 1 fully saturated rings. The first-order valence-corrected chi connectivity index (χ1v) is 8.33. The average Bonchev–Trinajstić information content (AvgIpc) is 2.94. The zero-order valence-electron chi connectivity index (χ0n) is 14.4. The van der Waals surface area contributed by atoms with Gasteiger partial charge in [-0.05, 0) is 42.5 Å². The zero-order chi connectivity index (χ0) is 16.8. The van der Waals surface area contributed by atoms with Crippen molar-refractivity contribution in [3.05, 3.63) is 78.3 Å². The fraction of sp³-hybridized carbons (Fsp3) is 0.333. The summed E-state index contributed by atoms with van der Waals surface area (Å²) in [6, 6.07) is 8.73. The highest BCUT2D eigenvalue weighted by molar-refractivity contribution is 5.66. The van der Waals surface area contributed by atoms with E-state index in [0.717, 1.165) is 36.5 Å². The second-order valence-corrected chi connectivity index (χ2v) is 6.34. The quantitative estimate of drug-likeness (QED) is 0.708. The molecule has 2 N–H and O–H groups in total. The Morgan fingerprint density at radius 3 is 2.83 bits per heavy atom. The third-order valence-electron chi connectivity index (χ3n) is 4.22. The number of nitrogens with one attached hydrogen (secondary N) is 2. The van der Waals surface area contributed by atoms with Crippen LogP contribution in [-0.4, -0.2) is 6.54 Å². The van der Waals surface area contributed by atoms with Crippen molar-refractivity contribution in [1.29, 1.82) is 0 Å². The summed E-state index contributed by atoms with van der Waals surface area (Å²) >= 11 is 0. The molecule has 122 valence electrons. The van der Waals surface area contributed by atoms with Gasteiger partial charge in [0.1, 0.15) is 0 Å². The first kappa shape index (κ1) is 17.1. The van der Waals surface area contributed by atoms with E-state index in [1.165, 1.54) is 23.1 Å². The van der Waals surface area contributed by atoms with Crippen molar-refractivity contribution in [2.24, 2.45) is 5.92 Å². The van der Waals surface area contributed by atoms with Crippen molar-refractivity contribution in [3.63, 3.8) is 0 Å². The largest absolute Gasteiger partial charge is 0.388 e. The maximum Gasteiger partial charge on any atom is 0.0311 e. The molecule has 0 amide bonds. The lowest BCUT2D eigenvalue weighted by Gasteiger charge is -2.15. The van der Waals surface area contributed by atoms with Crippen molar-refractivity contribution in [1.82, 2.24) is 10.6 Å². The molecule has 0 bridgehead atoms. The molecule has 2 rings (SSSR count). The minimum Gasteiger partial charge on any atom is -0.388 e. The Balaban J connectivity index is 1.99. The lowest BCUT2D eigenvalue weighted by molar-refractivity contribution is 0.644. The number of hydrogen-bond acceptors (Lipinski definition) is 2. The van der Waals surface area contributed by atoms with E-state index in [1.807, 2.05) is 0 Å². The van der Waals surface area contributed by atoms with Gasteiger partial charge in [0.2, 0.25) is 0 Å². The Morgan fingerprint density at radius 2 is 2.17 bits per heavy atom. The van der Waals surface area contributed by atoms with Crippen LogP contribution >= 0.6 is 0 Å². The van der Waals surface area contributed by atoms with Gasteiger partial charge in [0, 0.05) is 29.6 Å². The summed E-state index contributed by atoms with van der Waals surface area (Å²) in [5.74, 6) is 0.390. The third-order valence-corrected chi connectivity index (χ3v) is 4.22. The molecule has 1 aromatic rings. The number of rotatable bonds is 7. The summed E-state index contributed by atoms with van der Waals surface area (Å²) in [6.45, 7) is 17.5. The van der Waals surface area contributed by atoms with Crippen LogP contribution in [0.1, 0.15) is 37.8 Å². The second kappa shape index (κ2) is 7.87. The maximum absolute atomic E-state index is 4.15. The van der Waals surface area contributed by atoms with E-state index in [4.69, 9.17) is 0 Å². The summed E-state index contributed by atoms with van der Waals surface area (Å²) in [4.78, 5) is 0. The van der Waals surface area contributed by atoms with Gasteiger partial charge in [-0.15, -0.1) is 0 Å². The minimum absolute atomic E-state index is 0.390. The molecule has 1 aliphatic heterocycles. The molecule has 2 nitrogen and oxygen atoms in total. The molecule has 1 heterocycles. The monoisotopic (exact) mass is 308 g/mol. The minimum atomic E-state index is 0.390. The lowest BCUT2D eigenvalue weighted by atomic mass is 10.0. The van der Waals surface area contributed by atoms with Gasteiger partial charge < -0.3 is 10.6 Å². The van der Waals surface area contributed by atoms with Crippen LogP contribution < -0.4 is 10.6 Å². The standard InChI is InChI=1S/C21H28N2/c1-6-8-19-9-7-10-20(13-19)15(2)11-17(4)23-18(5)21-12-16(3)22-14-21/h7,9-11,13,21-23H,3-6,8,12,14H2,1-2H3/b15-11+/t21-/m0/s1. The predicted octanol–water partition coefficient (Wildman–Crippen LogP) is 4.78. The number of benzene rings is 1. The molecule has 0 spiro atoms. The van der Waals surface area contributed by atoms with E-state index < -0.39 is 0 Å². The van der Waals surface area contributed by atoms with Crippen molar-refractivity contribution in [3.8, 4) is 0 Å². The topological polar surface area (TPSA) is 24.1 Å². The van der Waals surface area contributed by atoms with E-state index >= 15 is 0 Å². The predicted molar refractivity (Wildman–Crippen MR) is 101 cm³/mol. The maximum atomic E-state index is 4.15. The fourth-order valence-corrected chi connectivity index (χ4v) is 2.91. The first-order valence-electron chi connectivity index (χ1n) is 8.33. The van der Waals surface area contributed by atoms with Gasteiger partial charge in [0.15, 0.2) is 0 Å². The van der Waals surface area contributed by atoms with Gasteiger partial charge in [-0.25, -0.2) is 0 Å². The molecule has 0 aliphatic carbocycles. The highest BCUT2D eigenvalue weighted by Gasteiger charge is 2.20. The highest BCUT2D eigenvalue weighted by atomic mass is 15.0. The summed E-state index contributed by atoms with van der Waals surface area (Å²) in [5.41, 5.74) is 6.82. The van der Waals surface area contributed by atoms with Gasteiger partial charge in [0.25, 0.3) is 0 Å². The van der Waals surface area contributed by atoms with E-state index in [-0.39, 0.29) is 0 Å². The average molecular weight is 308 g/mol. The van der Waals surface area contributed by atoms with Gasteiger partial charge in [-0.3, -0.25) is 0 Å². The molecule has 0 saturated carbocycles. The smallest absolute Gasteiger partial charge is 0.0311 e. The van der Waals surface area contributed by atoms with Crippen LogP contribution in [0.3, 0.4) is 0 Å². The van der Waals surface area contributed by atoms with Crippen LogP contribution in [0.5, 0.6) is 0 Å². The van der Waals surface area contributed by atoms with E-state index in [1.54, 1.807) is 0 Å². The normalized spacial score (nSPS) is 17.7. The van der Waals surface area contributed by atoms with Gasteiger partial charge in [-0.1, -0.05) is 57.3 Å². The van der Waals surface area contributed by atoms with Crippen molar-refractivity contribution in [2.45, 2.75) is 33.1 Å². The molecular weight excluding hydrogens is 280 g/mol. The molecule has 1 atom stereocenters. The molecule has 1 aliphatic rings. The molecule has 0 unspecified atom stereocenters. The lowest BCUT2D eigenvalue weighted by Crippen LogP contribution is -2.20. The molecule has 1 saturated heterocycles. The Hall–Kier alpha value is -2.22. The number of aryl methyl sites for hydroxylation is 1. The van der Waals surface area contributed by atoms with Crippen LogP contribution in [0.4, 0.5) is 0 Å². The van der Waals surface area contributed by atoms with Gasteiger partial charge >= 0.3 is 0 Å². The van der Waals surface area contributed by atoms with Gasteiger partial charge in [0.05, 0.1) is 0 Å². The molecule has 0 radical (unpaired) electrons. The zero-order valence-corrected chi connectivity index (χ0v) is 14.4. The molecule has 2 heteroatoms. The van der Waals surface area contributed by atoms with Crippen molar-refractivity contribution in [2.75, 3.05) is 6.54 Å². The summed E-state index contributed by atoms with van der Waals surface area (Å²) in [6.07, 6.45) is 5.32. The molecule has 0 aromatic heterocycles. The Labute approximate surface area is 140 Å². The van der Waals surface area contributed by atoms with E-state index in [2.05, 4.69) is 74.6 Å². The Kier molecular flexibility index (Phi) is 5.86. The van der Waals surface area contributed by atoms with E-state index in [9.17, 15) is 0 Å².